The van der Waals surface area contributed by atoms with Crippen LogP contribution in [0.2, 0.25) is 0 Å². The van der Waals surface area contributed by atoms with Gasteiger partial charge in [-0.25, -0.2) is 8.78 Å². The molecule has 0 nitrogen and oxygen atoms in total. The van der Waals surface area contributed by atoms with E-state index in [-0.39, 0.29) is 11.7 Å². The quantitative estimate of drug-likeness (QED) is 0.216. The molecule has 0 spiro atoms. The van der Waals surface area contributed by atoms with Crippen LogP contribution in [-0.2, 0) is 0 Å². The average Bonchev–Trinajstić information content (AvgIpc) is 2.45. The molecule has 0 saturated carbocycles. The molecule has 2 atom stereocenters. The second-order valence-corrected chi connectivity index (χ2v) is 9.60. The summed E-state index contributed by atoms with van der Waals surface area (Å²) in [6.45, 7) is 8.71. The minimum Gasteiger partial charge on any atom is -0.210 e. The first-order chi connectivity index (χ1) is 10.5. The Labute approximate surface area is 145 Å². The molecule has 0 aliphatic heterocycles. The smallest absolute Gasteiger partial charge is 0.210 e. The highest BCUT2D eigenvalue weighted by atomic mass is 33.1. The minimum absolute atomic E-state index is 0.0644. The van der Waals surface area contributed by atoms with Gasteiger partial charge in [0.15, 0.2) is 0 Å². The molecule has 0 aliphatic rings. The van der Waals surface area contributed by atoms with Crippen LogP contribution in [0.25, 0.3) is 0 Å². The molecule has 0 aromatic rings. The molecule has 0 amide bonds. The molecule has 0 aliphatic carbocycles. The average molecular weight is 355 g/mol. The molecule has 4 heteroatoms. The Morgan fingerprint density at radius 1 is 0.773 bits per heavy atom. The Kier molecular flexibility index (Phi) is 15.5. The van der Waals surface area contributed by atoms with Crippen LogP contribution in [0.1, 0.15) is 91.9 Å². The van der Waals surface area contributed by atoms with Gasteiger partial charge in [-0.1, -0.05) is 94.2 Å². The van der Waals surface area contributed by atoms with E-state index in [1.54, 1.807) is 21.6 Å². The fourth-order valence-corrected chi connectivity index (χ4v) is 5.49. The molecule has 0 rings (SSSR count). The van der Waals surface area contributed by atoms with Gasteiger partial charge in [0.25, 0.3) is 0 Å². The fraction of sp³-hybridized carbons (Fsp3) is 1.00. The van der Waals surface area contributed by atoms with Crippen molar-refractivity contribution in [2.24, 2.45) is 5.92 Å². The van der Waals surface area contributed by atoms with E-state index in [0.717, 1.165) is 12.8 Å². The van der Waals surface area contributed by atoms with Crippen LogP contribution in [-0.4, -0.2) is 16.9 Å². The summed E-state index contributed by atoms with van der Waals surface area (Å²) in [5, 5.41) is 0.618. The third-order valence-electron chi connectivity index (χ3n) is 3.91. The summed E-state index contributed by atoms with van der Waals surface area (Å²) in [6, 6.07) is 0. The third-order valence-corrected chi connectivity index (χ3v) is 7.46. The SMILES string of the molecule is CCCCCCC(CCCCC)C(CC(F)F)SSC(C)C. The van der Waals surface area contributed by atoms with Gasteiger partial charge in [-0.15, -0.1) is 0 Å². The molecule has 134 valence electrons. The van der Waals surface area contributed by atoms with Crippen LogP contribution in [0.5, 0.6) is 0 Å². The predicted molar refractivity (Wildman–Crippen MR) is 101 cm³/mol. The van der Waals surface area contributed by atoms with Crippen LogP contribution in [0.15, 0.2) is 0 Å². The van der Waals surface area contributed by atoms with Gasteiger partial charge in [-0.2, -0.15) is 0 Å². The van der Waals surface area contributed by atoms with Gasteiger partial charge in [0.05, 0.1) is 0 Å². The highest BCUT2D eigenvalue weighted by Gasteiger charge is 2.25. The lowest BCUT2D eigenvalue weighted by Gasteiger charge is -2.27. The molecule has 0 fully saturated rings. The first kappa shape index (κ1) is 22.6. The molecule has 0 bridgehead atoms. The zero-order valence-corrected chi connectivity index (χ0v) is 16.6. The van der Waals surface area contributed by atoms with E-state index in [1.165, 1.54) is 44.9 Å². The molecule has 0 radical (unpaired) electrons. The van der Waals surface area contributed by atoms with Crippen molar-refractivity contribution in [3.8, 4) is 0 Å². The summed E-state index contributed by atoms with van der Waals surface area (Å²) in [6.07, 6.45) is 8.75. The molecule has 0 saturated heterocycles. The van der Waals surface area contributed by atoms with Crippen LogP contribution < -0.4 is 0 Å². The summed E-state index contributed by atoms with van der Waals surface area (Å²) in [5.41, 5.74) is 0. The van der Waals surface area contributed by atoms with Gasteiger partial charge in [-0.05, 0) is 18.8 Å². The van der Waals surface area contributed by atoms with Crippen molar-refractivity contribution in [3.63, 3.8) is 0 Å². The zero-order chi connectivity index (χ0) is 16.8. The van der Waals surface area contributed by atoms with E-state index in [9.17, 15) is 8.78 Å². The maximum absolute atomic E-state index is 13.0. The van der Waals surface area contributed by atoms with Crippen molar-refractivity contribution < 1.29 is 8.78 Å². The minimum atomic E-state index is -2.17. The van der Waals surface area contributed by atoms with Crippen molar-refractivity contribution in [1.29, 1.82) is 0 Å². The van der Waals surface area contributed by atoms with E-state index in [0.29, 0.717) is 11.2 Å². The zero-order valence-electron chi connectivity index (χ0n) is 15.0. The summed E-state index contributed by atoms with van der Waals surface area (Å²) < 4.78 is 26.0. The van der Waals surface area contributed by atoms with E-state index in [1.807, 2.05) is 0 Å². The summed E-state index contributed by atoms with van der Waals surface area (Å²) in [5.74, 6) is 0.466. The Morgan fingerprint density at radius 3 is 1.82 bits per heavy atom. The Morgan fingerprint density at radius 2 is 1.32 bits per heavy atom. The molecule has 0 heterocycles. The molecule has 0 N–H and O–H groups in total. The van der Waals surface area contributed by atoms with Gasteiger partial charge < -0.3 is 0 Å². The van der Waals surface area contributed by atoms with Crippen molar-refractivity contribution in [2.75, 3.05) is 0 Å². The van der Waals surface area contributed by atoms with Gasteiger partial charge in [0.2, 0.25) is 6.43 Å². The lowest BCUT2D eigenvalue weighted by atomic mass is 9.90. The number of alkyl halides is 2. The van der Waals surface area contributed by atoms with Crippen LogP contribution in [0.3, 0.4) is 0 Å². The number of hydrogen-bond acceptors (Lipinski definition) is 2. The number of rotatable bonds is 15. The number of unbranched alkanes of at least 4 members (excludes halogenated alkanes) is 5. The van der Waals surface area contributed by atoms with Crippen LogP contribution in [0.4, 0.5) is 8.78 Å². The van der Waals surface area contributed by atoms with Crippen molar-refractivity contribution in [2.45, 2.75) is 109 Å². The first-order valence-corrected chi connectivity index (χ1v) is 11.4. The maximum Gasteiger partial charge on any atom is 0.239 e. The second kappa shape index (κ2) is 15.1. The Balaban J connectivity index is 4.52. The molecule has 0 aromatic carbocycles. The summed E-state index contributed by atoms with van der Waals surface area (Å²) in [7, 11) is 3.50. The van der Waals surface area contributed by atoms with E-state index < -0.39 is 6.43 Å². The lowest BCUT2D eigenvalue weighted by Crippen LogP contribution is -2.20. The van der Waals surface area contributed by atoms with Crippen LogP contribution >= 0.6 is 21.6 Å². The predicted octanol–water partition coefficient (Wildman–Crippen LogP) is 7.97. The van der Waals surface area contributed by atoms with Gasteiger partial charge >= 0.3 is 0 Å². The highest BCUT2D eigenvalue weighted by molar-refractivity contribution is 8.77. The summed E-state index contributed by atoms with van der Waals surface area (Å²) >= 11 is 0. The number of halogens is 2. The van der Waals surface area contributed by atoms with E-state index in [2.05, 4.69) is 27.7 Å². The summed E-state index contributed by atoms with van der Waals surface area (Å²) in [4.78, 5) is 0. The molecular weight excluding hydrogens is 318 g/mol. The van der Waals surface area contributed by atoms with Crippen molar-refractivity contribution in [3.05, 3.63) is 0 Å². The molecular formula is C18H36F2S2. The van der Waals surface area contributed by atoms with Crippen molar-refractivity contribution in [1.82, 2.24) is 0 Å². The maximum atomic E-state index is 13.0. The standard InChI is InChI=1S/C18H36F2S2/c1-5-7-9-11-13-16(12-10-8-6-2)17(14-18(19)20)22-21-15(3)4/h15-18H,5-14H2,1-4H3. The monoisotopic (exact) mass is 354 g/mol. The largest absolute Gasteiger partial charge is 0.239 e. The molecule has 2 unspecified atom stereocenters. The van der Waals surface area contributed by atoms with E-state index >= 15 is 0 Å². The van der Waals surface area contributed by atoms with Crippen molar-refractivity contribution >= 4 is 21.6 Å². The van der Waals surface area contributed by atoms with E-state index in [4.69, 9.17) is 0 Å². The first-order valence-electron chi connectivity index (χ1n) is 9.11. The second-order valence-electron chi connectivity index (χ2n) is 6.51. The van der Waals surface area contributed by atoms with Gasteiger partial charge in [0, 0.05) is 16.9 Å². The van der Waals surface area contributed by atoms with Crippen LogP contribution in [0, 0.1) is 5.92 Å². The Hall–Kier alpha value is 0.560. The lowest BCUT2D eigenvalue weighted by molar-refractivity contribution is 0.128. The topological polar surface area (TPSA) is 0 Å². The Bertz CT molecular complexity index is 235. The highest BCUT2D eigenvalue weighted by Crippen LogP contribution is 2.40. The molecule has 0 aromatic heterocycles. The fourth-order valence-electron chi connectivity index (χ4n) is 2.67. The normalized spacial score (nSPS) is 14.7. The third kappa shape index (κ3) is 13.0. The van der Waals surface area contributed by atoms with Gasteiger partial charge in [-0.3, -0.25) is 0 Å². The number of hydrogen-bond donors (Lipinski definition) is 0. The van der Waals surface area contributed by atoms with Gasteiger partial charge in [0.1, 0.15) is 0 Å². The molecule has 22 heavy (non-hydrogen) atoms.